The number of amides is 2. The Bertz CT molecular complexity index is 875. The third-order valence-electron chi connectivity index (χ3n) is 6.75. The fraction of sp³-hybridized carbons (Fsp3) is 0.609. The monoisotopic (exact) mass is 414 g/mol. The minimum Gasteiger partial charge on any atom is -0.349 e. The first-order chi connectivity index (χ1) is 14.1. The van der Waals surface area contributed by atoms with Gasteiger partial charge in [-0.1, -0.05) is 19.1 Å². The van der Waals surface area contributed by atoms with E-state index in [-0.39, 0.29) is 12.1 Å². The van der Waals surface area contributed by atoms with Crippen LogP contribution in [-0.2, 0) is 6.42 Å². The Morgan fingerprint density at radius 1 is 1.31 bits per heavy atom. The Morgan fingerprint density at radius 3 is 2.79 bits per heavy atom. The summed E-state index contributed by atoms with van der Waals surface area (Å²) in [5.41, 5.74) is 4.22. The lowest BCUT2D eigenvalue weighted by atomic mass is 9.73. The van der Waals surface area contributed by atoms with E-state index in [1.807, 2.05) is 30.5 Å². The number of carbonyl (C=O) groups is 1. The molecule has 158 valence electrons. The maximum absolute atomic E-state index is 12.7. The van der Waals surface area contributed by atoms with Gasteiger partial charge in [0.2, 0.25) is 0 Å². The molecule has 0 unspecified atom stereocenters. The van der Waals surface area contributed by atoms with E-state index in [4.69, 9.17) is 0 Å². The zero-order chi connectivity index (χ0) is 20.5. The third kappa shape index (κ3) is 3.66. The van der Waals surface area contributed by atoms with Crippen molar-refractivity contribution in [3.05, 3.63) is 29.3 Å². The molecular weight excluding hydrogens is 380 g/mol. The van der Waals surface area contributed by atoms with Crippen LogP contribution in [0, 0.1) is 0 Å². The second-order valence-corrected chi connectivity index (χ2v) is 9.15. The Labute approximate surface area is 178 Å². The fourth-order valence-corrected chi connectivity index (χ4v) is 6.10. The molecule has 1 saturated heterocycles. The number of nitrogens with zero attached hydrogens (tertiary/aromatic N) is 2. The van der Waals surface area contributed by atoms with Crippen LogP contribution in [0.3, 0.4) is 0 Å². The van der Waals surface area contributed by atoms with Gasteiger partial charge in [0.05, 0.1) is 5.03 Å². The highest BCUT2D eigenvalue weighted by Crippen LogP contribution is 2.46. The number of fused-ring (bicyclic) bond motifs is 2. The molecule has 1 aliphatic heterocycles. The molecule has 29 heavy (non-hydrogen) atoms. The molecule has 1 fully saturated rings. The molecule has 1 aromatic carbocycles. The van der Waals surface area contributed by atoms with E-state index in [2.05, 4.69) is 46.6 Å². The second-order valence-electron chi connectivity index (χ2n) is 8.33. The van der Waals surface area contributed by atoms with E-state index in [0.717, 1.165) is 45.4 Å². The largest absolute Gasteiger partial charge is 0.349 e. The molecule has 4 rings (SSSR count). The van der Waals surface area contributed by atoms with Crippen molar-refractivity contribution >= 4 is 28.7 Å². The highest BCUT2D eigenvalue weighted by atomic mass is 32.2. The number of thioether (sulfide) groups is 1. The summed E-state index contributed by atoms with van der Waals surface area (Å²) in [7, 11) is 0. The summed E-state index contributed by atoms with van der Waals surface area (Å²) < 4.78 is 0. The van der Waals surface area contributed by atoms with Crippen LogP contribution in [0.2, 0.25) is 0 Å². The summed E-state index contributed by atoms with van der Waals surface area (Å²) in [6.07, 6.45) is 5.43. The topological polar surface area (TPSA) is 51.4 Å². The van der Waals surface area contributed by atoms with Crippen LogP contribution in [0.1, 0.15) is 50.7 Å². The standard InChI is InChI=1S/C23H34N4OS/c1-5-11-27-14-15(24-23(28)26(6-2)7-3)12-17-16-9-8-10-19-21(16)18(13-20(17)27)22(25-19)29-4/h8-10,15,17,20,25H,5-7,11-14H2,1-4H3,(H,24,28)/t15-,17+,20+/m0/s1. The van der Waals surface area contributed by atoms with Gasteiger partial charge >= 0.3 is 6.03 Å². The second kappa shape index (κ2) is 8.60. The summed E-state index contributed by atoms with van der Waals surface area (Å²) in [6, 6.07) is 7.51. The van der Waals surface area contributed by atoms with Gasteiger partial charge in [0.15, 0.2) is 0 Å². The molecule has 1 aromatic heterocycles. The van der Waals surface area contributed by atoms with E-state index in [1.54, 1.807) is 0 Å². The molecule has 2 N–H and O–H groups in total. The number of carbonyl (C=O) groups excluding carboxylic acids is 1. The van der Waals surface area contributed by atoms with Crippen molar-refractivity contribution in [1.29, 1.82) is 0 Å². The van der Waals surface area contributed by atoms with E-state index < -0.39 is 0 Å². The highest BCUT2D eigenvalue weighted by molar-refractivity contribution is 7.98. The van der Waals surface area contributed by atoms with Gasteiger partial charge in [-0.2, -0.15) is 0 Å². The molecule has 2 amide bonds. The fourth-order valence-electron chi connectivity index (χ4n) is 5.45. The van der Waals surface area contributed by atoms with Crippen molar-refractivity contribution in [1.82, 2.24) is 20.1 Å². The van der Waals surface area contributed by atoms with Gasteiger partial charge in [-0.15, -0.1) is 11.8 Å². The molecule has 2 heterocycles. The molecule has 0 saturated carbocycles. The normalized spacial score (nSPS) is 23.8. The quantitative estimate of drug-likeness (QED) is 0.688. The average molecular weight is 415 g/mol. The number of nitrogens with one attached hydrogen (secondary N) is 2. The lowest BCUT2D eigenvalue weighted by Gasteiger charge is -2.47. The predicted molar refractivity (Wildman–Crippen MR) is 122 cm³/mol. The first-order valence-corrected chi connectivity index (χ1v) is 12.3. The first kappa shape index (κ1) is 20.6. The van der Waals surface area contributed by atoms with Crippen molar-refractivity contribution in [3.63, 3.8) is 0 Å². The van der Waals surface area contributed by atoms with Gasteiger partial charge < -0.3 is 15.2 Å². The van der Waals surface area contributed by atoms with Gasteiger partial charge in [-0.25, -0.2) is 4.79 Å². The number of benzene rings is 1. The number of likely N-dealkylation sites (tertiary alicyclic amines) is 1. The molecule has 0 spiro atoms. The first-order valence-electron chi connectivity index (χ1n) is 11.1. The molecule has 2 aliphatic rings. The Balaban J connectivity index is 1.67. The maximum atomic E-state index is 12.7. The number of H-pyrrole nitrogens is 1. The van der Waals surface area contributed by atoms with Gasteiger partial charge in [-0.05, 0) is 63.1 Å². The Morgan fingerprint density at radius 2 is 2.10 bits per heavy atom. The van der Waals surface area contributed by atoms with Gasteiger partial charge in [-0.3, -0.25) is 4.90 Å². The minimum atomic E-state index is 0.0796. The number of aromatic nitrogens is 1. The van der Waals surface area contributed by atoms with Gasteiger partial charge in [0, 0.05) is 48.5 Å². The van der Waals surface area contributed by atoms with Crippen LogP contribution in [0.5, 0.6) is 0 Å². The van der Waals surface area contributed by atoms with Crippen molar-refractivity contribution < 1.29 is 4.79 Å². The molecule has 0 bridgehead atoms. The lowest BCUT2D eigenvalue weighted by molar-refractivity contribution is 0.0976. The third-order valence-corrected chi connectivity index (χ3v) is 7.51. The number of hydrogen-bond donors (Lipinski definition) is 2. The molecule has 6 heteroatoms. The zero-order valence-corrected chi connectivity index (χ0v) is 18.9. The zero-order valence-electron chi connectivity index (χ0n) is 18.1. The van der Waals surface area contributed by atoms with Crippen LogP contribution in [0.25, 0.3) is 10.9 Å². The van der Waals surface area contributed by atoms with Crippen LogP contribution in [0.4, 0.5) is 4.79 Å². The number of aromatic amines is 1. The SMILES string of the molecule is CCCN1C[C@@H](NC(=O)N(CC)CC)C[C@@H]2c3cccc4[nH]c(SC)c(c34)C[C@H]21. The smallest absolute Gasteiger partial charge is 0.317 e. The van der Waals surface area contributed by atoms with E-state index in [0.29, 0.717) is 12.0 Å². The molecule has 2 aromatic rings. The molecule has 1 aliphatic carbocycles. The van der Waals surface area contributed by atoms with Crippen LogP contribution in [0.15, 0.2) is 23.2 Å². The van der Waals surface area contributed by atoms with Crippen LogP contribution < -0.4 is 5.32 Å². The number of rotatable bonds is 6. The average Bonchev–Trinajstić information content (AvgIpc) is 3.09. The number of hydrogen-bond acceptors (Lipinski definition) is 3. The van der Waals surface area contributed by atoms with E-state index in [1.165, 1.54) is 27.1 Å². The van der Waals surface area contributed by atoms with E-state index >= 15 is 0 Å². The van der Waals surface area contributed by atoms with Crippen LogP contribution in [-0.4, -0.2) is 65.3 Å². The minimum absolute atomic E-state index is 0.0796. The summed E-state index contributed by atoms with van der Waals surface area (Å²) in [5.74, 6) is 0.471. The van der Waals surface area contributed by atoms with Crippen molar-refractivity contribution in [2.45, 2.75) is 63.1 Å². The summed E-state index contributed by atoms with van der Waals surface area (Å²) >= 11 is 1.82. The number of urea groups is 1. The molecule has 0 radical (unpaired) electrons. The summed E-state index contributed by atoms with van der Waals surface area (Å²) in [5, 5.41) is 6.10. The number of piperidine rings is 1. The Hall–Kier alpha value is -1.66. The van der Waals surface area contributed by atoms with Crippen LogP contribution >= 0.6 is 11.8 Å². The van der Waals surface area contributed by atoms with Gasteiger partial charge in [0.25, 0.3) is 0 Å². The maximum Gasteiger partial charge on any atom is 0.317 e. The summed E-state index contributed by atoms with van der Waals surface area (Å²) in [6.45, 7) is 9.89. The highest BCUT2D eigenvalue weighted by Gasteiger charge is 2.41. The van der Waals surface area contributed by atoms with Crippen molar-refractivity contribution in [2.75, 3.05) is 32.4 Å². The predicted octanol–water partition coefficient (Wildman–Crippen LogP) is 4.43. The van der Waals surface area contributed by atoms with Crippen molar-refractivity contribution in [3.8, 4) is 0 Å². The van der Waals surface area contributed by atoms with E-state index in [9.17, 15) is 4.79 Å². The Kier molecular flexibility index (Phi) is 6.11. The molecular formula is C23H34N4OS. The summed E-state index contributed by atoms with van der Waals surface area (Å²) in [4.78, 5) is 20.9. The van der Waals surface area contributed by atoms with Crippen molar-refractivity contribution in [2.24, 2.45) is 0 Å². The lowest BCUT2D eigenvalue weighted by Crippen LogP contribution is -2.57. The molecule has 3 atom stereocenters. The molecule has 5 nitrogen and oxygen atoms in total. The van der Waals surface area contributed by atoms with Gasteiger partial charge in [0.1, 0.15) is 0 Å².